The fraction of sp³-hybridized carbons (Fsp3) is 0.556. The number of hydrogen-bond acceptors (Lipinski definition) is 6. The molecule has 2 aliphatic carbocycles. The minimum Gasteiger partial charge on any atom is -0.395 e. The van der Waals surface area contributed by atoms with E-state index in [2.05, 4.69) is 57.6 Å². The maximum absolute atomic E-state index is 10.0. The van der Waals surface area contributed by atoms with E-state index in [1.54, 1.807) is 0 Å². The van der Waals surface area contributed by atoms with Gasteiger partial charge in [-0.25, -0.2) is 4.98 Å². The second kappa shape index (κ2) is 10.4. The molecule has 0 amide bonds. The summed E-state index contributed by atoms with van der Waals surface area (Å²) >= 11 is 0. The van der Waals surface area contributed by atoms with Gasteiger partial charge in [0.15, 0.2) is 0 Å². The van der Waals surface area contributed by atoms with E-state index in [1.807, 2.05) is 6.20 Å². The van der Waals surface area contributed by atoms with Crippen molar-refractivity contribution in [2.75, 3.05) is 18.5 Å². The van der Waals surface area contributed by atoms with Crippen LogP contribution in [0.3, 0.4) is 0 Å². The van der Waals surface area contributed by atoms with Crippen molar-refractivity contribution in [2.45, 2.75) is 76.6 Å². The van der Waals surface area contributed by atoms with Gasteiger partial charge >= 0.3 is 0 Å². The van der Waals surface area contributed by atoms with Gasteiger partial charge in [0.25, 0.3) is 0 Å². The van der Waals surface area contributed by atoms with Crippen molar-refractivity contribution in [3.05, 3.63) is 42.2 Å². The minimum absolute atomic E-state index is 0.145. The van der Waals surface area contributed by atoms with E-state index < -0.39 is 0 Å². The van der Waals surface area contributed by atoms with Crippen molar-refractivity contribution in [1.82, 2.24) is 19.9 Å². The Balaban J connectivity index is 1.45. The molecule has 2 aromatic heterocycles. The van der Waals surface area contributed by atoms with Crippen LogP contribution in [0.2, 0.25) is 0 Å². The molecule has 4 N–H and O–H groups in total. The van der Waals surface area contributed by atoms with Crippen LogP contribution in [-0.4, -0.2) is 50.0 Å². The van der Waals surface area contributed by atoms with Crippen LogP contribution >= 0.6 is 0 Å². The average molecular weight is 464 g/mol. The quantitative estimate of drug-likeness (QED) is 0.336. The summed E-state index contributed by atoms with van der Waals surface area (Å²) in [5.41, 5.74) is 4.46. The molecule has 2 fully saturated rings. The summed E-state index contributed by atoms with van der Waals surface area (Å²) in [4.78, 5) is 9.68. The number of rotatable bonds is 10. The highest BCUT2D eigenvalue weighted by Gasteiger charge is 2.26. The lowest BCUT2D eigenvalue weighted by molar-refractivity contribution is 0.111. The molecule has 5 rings (SSSR count). The van der Waals surface area contributed by atoms with Crippen molar-refractivity contribution in [2.24, 2.45) is 5.92 Å². The van der Waals surface area contributed by atoms with E-state index in [4.69, 9.17) is 10.1 Å². The number of fused-ring (bicyclic) bond motifs is 1. The molecular weight excluding hydrogens is 426 g/mol. The molecule has 3 aromatic rings. The van der Waals surface area contributed by atoms with Crippen molar-refractivity contribution >= 4 is 17.0 Å². The number of aromatic nitrogens is 3. The standard InChI is InChI=1S/C27H37N5O2/c1-18(14-19-2-3-19)30-27-29-16-24-25(21-6-4-20(5-7-21)15-28-12-13-33)17-32(26(24)31-27)22-8-10-23(34)11-9-22/h4-7,16-19,22-23,28,33-34H,2-3,8-15H2,1H3,(H,29,30,31)/t18?,22-,23-. The number of hydrogen-bond donors (Lipinski definition) is 4. The molecule has 7 nitrogen and oxygen atoms in total. The second-order valence-corrected chi connectivity index (χ2v) is 10.2. The van der Waals surface area contributed by atoms with Crippen molar-refractivity contribution in [3.8, 4) is 11.1 Å². The molecule has 182 valence electrons. The maximum atomic E-state index is 10.0. The molecule has 34 heavy (non-hydrogen) atoms. The second-order valence-electron chi connectivity index (χ2n) is 10.2. The predicted molar refractivity (Wildman–Crippen MR) is 136 cm³/mol. The summed E-state index contributed by atoms with van der Waals surface area (Å²) in [7, 11) is 0. The van der Waals surface area contributed by atoms with Gasteiger partial charge in [-0.2, -0.15) is 4.98 Å². The molecule has 0 spiro atoms. The number of nitrogens with zero attached hydrogens (tertiary/aromatic N) is 3. The van der Waals surface area contributed by atoms with Gasteiger partial charge in [-0.05, 0) is 56.1 Å². The molecular formula is C27H37N5O2. The van der Waals surface area contributed by atoms with E-state index >= 15 is 0 Å². The fourth-order valence-electron chi connectivity index (χ4n) is 5.19. The number of anilines is 1. The molecule has 1 unspecified atom stereocenters. The summed E-state index contributed by atoms with van der Waals surface area (Å²) in [6.07, 6.45) is 11.5. The number of aliphatic hydroxyl groups excluding tert-OH is 2. The number of aliphatic hydroxyl groups is 2. The zero-order valence-electron chi connectivity index (χ0n) is 20.1. The lowest BCUT2D eigenvalue weighted by atomic mass is 9.93. The molecule has 2 saturated carbocycles. The fourth-order valence-corrected chi connectivity index (χ4v) is 5.19. The van der Waals surface area contributed by atoms with Crippen LogP contribution in [0.15, 0.2) is 36.7 Å². The van der Waals surface area contributed by atoms with Crippen LogP contribution in [-0.2, 0) is 6.54 Å². The van der Waals surface area contributed by atoms with Crippen molar-refractivity contribution in [3.63, 3.8) is 0 Å². The molecule has 7 heteroatoms. The van der Waals surface area contributed by atoms with E-state index in [0.717, 1.165) is 60.3 Å². The van der Waals surface area contributed by atoms with E-state index in [9.17, 15) is 5.11 Å². The van der Waals surface area contributed by atoms with Gasteiger partial charge in [-0.15, -0.1) is 0 Å². The third-order valence-corrected chi connectivity index (χ3v) is 7.27. The molecule has 0 bridgehead atoms. The molecule has 0 saturated heterocycles. The van der Waals surface area contributed by atoms with Crippen LogP contribution in [0.5, 0.6) is 0 Å². The highest BCUT2D eigenvalue weighted by molar-refractivity contribution is 5.94. The summed E-state index contributed by atoms with van der Waals surface area (Å²) < 4.78 is 2.33. The van der Waals surface area contributed by atoms with Gasteiger partial charge in [0, 0.05) is 48.5 Å². The molecule has 0 aliphatic heterocycles. The van der Waals surface area contributed by atoms with E-state index in [0.29, 0.717) is 24.6 Å². The van der Waals surface area contributed by atoms with Gasteiger partial charge in [-0.3, -0.25) is 0 Å². The summed E-state index contributed by atoms with van der Waals surface area (Å²) in [5.74, 6) is 1.56. The molecule has 2 aliphatic rings. The topological polar surface area (TPSA) is 95.2 Å². The Morgan fingerprint density at radius 1 is 1.09 bits per heavy atom. The largest absolute Gasteiger partial charge is 0.395 e. The molecule has 0 radical (unpaired) electrons. The Hall–Kier alpha value is -2.48. The predicted octanol–water partition coefficient (Wildman–Crippen LogP) is 4.26. The summed E-state index contributed by atoms with van der Waals surface area (Å²) in [6, 6.07) is 9.29. The van der Waals surface area contributed by atoms with Crippen molar-refractivity contribution in [1.29, 1.82) is 0 Å². The zero-order valence-corrected chi connectivity index (χ0v) is 20.1. The molecule has 1 aromatic carbocycles. The number of nitrogens with one attached hydrogen (secondary N) is 2. The Labute approximate surface area is 201 Å². The van der Waals surface area contributed by atoms with E-state index in [-0.39, 0.29) is 12.7 Å². The minimum atomic E-state index is -0.181. The summed E-state index contributed by atoms with van der Waals surface area (Å²) in [6.45, 7) is 3.70. The monoisotopic (exact) mass is 463 g/mol. The Bertz CT molecular complexity index is 1080. The summed E-state index contributed by atoms with van der Waals surface area (Å²) in [5, 5.41) is 26.8. The van der Waals surface area contributed by atoms with Gasteiger partial charge in [0.1, 0.15) is 5.65 Å². The Kier molecular flexibility index (Phi) is 7.13. The first kappa shape index (κ1) is 23.3. The van der Waals surface area contributed by atoms with Crippen LogP contribution in [0.1, 0.15) is 63.5 Å². The van der Waals surface area contributed by atoms with E-state index in [1.165, 1.54) is 24.8 Å². The Morgan fingerprint density at radius 3 is 2.56 bits per heavy atom. The van der Waals surface area contributed by atoms with Gasteiger partial charge in [0.2, 0.25) is 5.95 Å². The first-order valence-corrected chi connectivity index (χ1v) is 12.8. The Morgan fingerprint density at radius 2 is 1.85 bits per heavy atom. The van der Waals surface area contributed by atoms with Gasteiger partial charge in [0.05, 0.1) is 12.7 Å². The van der Waals surface area contributed by atoms with Crippen LogP contribution < -0.4 is 10.6 Å². The van der Waals surface area contributed by atoms with Crippen LogP contribution in [0.25, 0.3) is 22.2 Å². The smallest absolute Gasteiger partial charge is 0.224 e. The van der Waals surface area contributed by atoms with Crippen molar-refractivity contribution < 1.29 is 10.2 Å². The maximum Gasteiger partial charge on any atom is 0.224 e. The highest BCUT2D eigenvalue weighted by Crippen LogP contribution is 2.37. The third kappa shape index (κ3) is 5.43. The van der Waals surface area contributed by atoms with Gasteiger partial charge in [-0.1, -0.05) is 37.1 Å². The molecule has 2 heterocycles. The van der Waals surface area contributed by atoms with Crippen LogP contribution in [0, 0.1) is 5.92 Å². The zero-order chi connectivity index (χ0) is 23.5. The average Bonchev–Trinajstić information content (AvgIpc) is 3.58. The first-order valence-electron chi connectivity index (χ1n) is 12.8. The first-order chi connectivity index (χ1) is 16.6. The van der Waals surface area contributed by atoms with Crippen LogP contribution in [0.4, 0.5) is 5.95 Å². The number of benzene rings is 1. The third-order valence-electron chi connectivity index (χ3n) is 7.27. The van der Waals surface area contributed by atoms with Gasteiger partial charge < -0.3 is 25.4 Å². The highest BCUT2D eigenvalue weighted by atomic mass is 16.3. The normalized spacial score (nSPS) is 21.6. The molecule has 1 atom stereocenters. The SMILES string of the molecule is CC(CC1CC1)Nc1ncc2c(-c3ccc(CNCCO)cc3)cn([C@H]3CC[C@H](O)CC3)c2n1. The lowest BCUT2D eigenvalue weighted by Gasteiger charge is -2.27. The lowest BCUT2D eigenvalue weighted by Crippen LogP contribution is -2.21.